The average Bonchev–Trinajstić information content (AvgIpc) is 2.26. The summed E-state index contributed by atoms with van der Waals surface area (Å²) < 4.78 is 0. The molecule has 0 saturated heterocycles. The third kappa shape index (κ3) is 3.03. The van der Waals surface area contributed by atoms with Gasteiger partial charge in [-0.25, -0.2) is 0 Å². The van der Waals surface area contributed by atoms with Crippen LogP contribution in [0, 0.1) is 5.92 Å². The molecule has 1 aromatic carbocycles. The van der Waals surface area contributed by atoms with Gasteiger partial charge in [0.15, 0.2) is 0 Å². The van der Waals surface area contributed by atoms with Crippen LogP contribution in [0.1, 0.15) is 37.8 Å². The standard InChI is InChI=1S/C14H19NOS/c1-10(15-14(16)12-4-3-5-12)11-6-8-13(17-2)9-7-11/h6-10,12H,3-5H2,1-2H3,(H,15,16)/t10-/m1/s1. The fourth-order valence-corrected chi connectivity index (χ4v) is 2.39. The molecule has 1 N–H and O–H groups in total. The van der Waals surface area contributed by atoms with Crippen molar-refractivity contribution >= 4 is 17.7 Å². The van der Waals surface area contributed by atoms with E-state index in [1.165, 1.54) is 16.9 Å². The van der Waals surface area contributed by atoms with Crippen LogP contribution >= 0.6 is 11.8 Å². The summed E-state index contributed by atoms with van der Waals surface area (Å²) in [5, 5.41) is 3.09. The minimum atomic E-state index is 0.110. The molecule has 1 aliphatic rings. The summed E-state index contributed by atoms with van der Waals surface area (Å²) in [4.78, 5) is 13.1. The molecule has 0 radical (unpaired) electrons. The van der Waals surface area contributed by atoms with E-state index < -0.39 is 0 Å². The van der Waals surface area contributed by atoms with Gasteiger partial charge in [-0.3, -0.25) is 4.79 Å². The number of nitrogens with one attached hydrogen (secondary N) is 1. The molecular weight excluding hydrogens is 230 g/mol. The summed E-state index contributed by atoms with van der Waals surface area (Å²) in [5.41, 5.74) is 1.18. The Morgan fingerprint density at radius 3 is 2.47 bits per heavy atom. The summed E-state index contributed by atoms with van der Waals surface area (Å²) in [6.07, 6.45) is 5.39. The largest absolute Gasteiger partial charge is 0.349 e. The van der Waals surface area contributed by atoms with E-state index in [0.29, 0.717) is 0 Å². The number of rotatable bonds is 4. The third-order valence-electron chi connectivity index (χ3n) is 3.45. The Morgan fingerprint density at radius 2 is 2.00 bits per heavy atom. The molecule has 0 aliphatic heterocycles. The van der Waals surface area contributed by atoms with Crippen molar-refractivity contribution in [1.29, 1.82) is 0 Å². The second-order valence-electron chi connectivity index (χ2n) is 4.63. The van der Waals surface area contributed by atoms with Crippen LogP contribution in [0.25, 0.3) is 0 Å². The Morgan fingerprint density at radius 1 is 1.35 bits per heavy atom. The van der Waals surface area contributed by atoms with Crippen LogP contribution in [0.2, 0.25) is 0 Å². The molecule has 2 nitrogen and oxygen atoms in total. The number of amides is 1. The van der Waals surface area contributed by atoms with Crippen molar-refractivity contribution in [2.75, 3.05) is 6.26 Å². The van der Waals surface area contributed by atoms with Gasteiger partial charge in [0, 0.05) is 10.8 Å². The maximum atomic E-state index is 11.8. The van der Waals surface area contributed by atoms with Crippen LogP contribution in [0.5, 0.6) is 0 Å². The summed E-state index contributed by atoms with van der Waals surface area (Å²) in [6, 6.07) is 8.51. The number of hydrogen-bond donors (Lipinski definition) is 1. The highest BCUT2D eigenvalue weighted by Crippen LogP contribution is 2.27. The first-order valence-corrected chi connectivity index (χ1v) is 7.37. The van der Waals surface area contributed by atoms with Crippen LogP contribution < -0.4 is 5.32 Å². The number of carbonyl (C=O) groups is 1. The van der Waals surface area contributed by atoms with Crippen molar-refractivity contribution in [3.8, 4) is 0 Å². The lowest BCUT2D eigenvalue weighted by Gasteiger charge is -2.26. The lowest BCUT2D eigenvalue weighted by atomic mass is 9.84. The van der Waals surface area contributed by atoms with E-state index in [1.54, 1.807) is 11.8 Å². The normalized spacial score (nSPS) is 17.3. The maximum Gasteiger partial charge on any atom is 0.223 e. The molecule has 1 saturated carbocycles. The first-order valence-electron chi connectivity index (χ1n) is 6.15. The summed E-state index contributed by atoms with van der Waals surface area (Å²) in [6.45, 7) is 2.05. The Bertz CT molecular complexity index is 384. The Hall–Kier alpha value is -0.960. The third-order valence-corrected chi connectivity index (χ3v) is 4.19. The highest BCUT2D eigenvalue weighted by atomic mass is 32.2. The number of carbonyl (C=O) groups excluding carboxylic acids is 1. The van der Waals surface area contributed by atoms with E-state index in [4.69, 9.17) is 0 Å². The fourth-order valence-electron chi connectivity index (χ4n) is 1.98. The van der Waals surface area contributed by atoms with Crippen molar-refractivity contribution < 1.29 is 4.79 Å². The second kappa shape index (κ2) is 5.58. The van der Waals surface area contributed by atoms with Gasteiger partial charge in [0.2, 0.25) is 5.91 Å². The van der Waals surface area contributed by atoms with Crippen LogP contribution in [0.3, 0.4) is 0 Å². The number of thioether (sulfide) groups is 1. The highest BCUT2D eigenvalue weighted by Gasteiger charge is 2.26. The molecule has 0 bridgehead atoms. The molecule has 0 spiro atoms. The SMILES string of the molecule is CSc1ccc([C@@H](C)NC(=O)C2CCC2)cc1. The van der Waals surface area contributed by atoms with Gasteiger partial charge in [0.05, 0.1) is 6.04 Å². The van der Waals surface area contributed by atoms with E-state index in [2.05, 4.69) is 35.8 Å². The lowest BCUT2D eigenvalue weighted by molar-refractivity contribution is -0.128. The van der Waals surface area contributed by atoms with Gasteiger partial charge in [-0.15, -0.1) is 11.8 Å². The predicted molar refractivity (Wildman–Crippen MR) is 72.1 cm³/mol. The van der Waals surface area contributed by atoms with Crippen molar-refractivity contribution in [3.05, 3.63) is 29.8 Å². The molecule has 1 atom stereocenters. The van der Waals surface area contributed by atoms with Crippen LogP contribution in [-0.2, 0) is 4.79 Å². The van der Waals surface area contributed by atoms with Gasteiger partial charge < -0.3 is 5.32 Å². The minimum absolute atomic E-state index is 0.110. The van der Waals surface area contributed by atoms with Crippen molar-refractivity contribution in [2.24, 2.45) is 5.92 Å². The van der Waals surface area contributed by atoms with E-state index in [0.717, 1.165) is 12.8 Å². The molecule has 1 aliphatic carbocycles. The predicted octanol–water partition coefficient (Wildman–Crippen LogP) is 3.39. The smallest absolute Gasteiger partial charge is 0.223 e. The van der Waals surface area contributed by atoms with Crippen molar-refractivity contribution in [3.63, 3.8) is 0 Å². The Balaban J connectivity index is 1.93. The number of benzene rings is 1. The van der Waals surface area contributed by atoms with Gasteiger partial charge in [-0.2, -0.15) is 0 Å². The molecule has 0 unspecified atom stereocenters. The Kier molecular flexibility index (Phi) is 4.11. The number of hydrogen-bond acceptors (Lipinski definition) is 2. The van der Waals surface area contributed by atoms with Crippen molar-refractivity contribution in [2.45, 2.75) is 37.1 Å². The van der Waals surface area contributed by atoms with Gasteiger partial charge >= 0.3 is 0 Å². The van der Waals surface area contributed by atoms with Gasteiger partial charge in [-0.1, -0.05) is 18.6 Å². The first-order chi connectivity index (χ1) is 8.20. The van der Waals surface area contributed by atoms with Gasteiger partial charge in [0.25, 0.3) is 0 Å². The molecular formula is C14H19NOS. The summed E-state index contributed by atoms with van der Waals surface area (Å²) in [5.74, 6) is 0.487. The molecule has 1 fully saturated rings. The van der Waals surface area contributed by atoms with Gasteiger partial charge in [0.1, 0.15) is 0 Å². The van der Waals surface area contributed by atoms with E-state index >= 15 is 0 Å². The zero-order chi connectivity index (χ0) is 12.3. The molecule has 0 aromatic heterocycles. The maximum absolute atomic E-state index is 11.8. The first kappa shape index (κ1) is 12.5. The zero-order valence-corrected chi connectivity index (χ0v) is 11.2. The van der Waals surface area contributed by atoms with Crippen molar-refractivity contribution in [1.82, 2.24) is 5.32 Å². The Labute approximate surface area is 107 Å². The molecule has 0 heterocycles. The quantitative estimate of drug-likeness (QED) is 0.829. The van der Waals surface area contributed by atoms with Crippen LogP contribution in [-0.4, -0.2) is 12.2 Å². The van der Waals surface area contributed by atoms with Crippen LogP contribution in [0.15, 0.2) is 29.2 Å². The molecule has 1 aromatic rings. The fraction of sp³-hybridized carbons (Fsp3) is 0.500. The zero-order valence-electron chi connectivity index (χ0n) is 10.4. The molecule has 92 valence electrons. The van der Waals surface area contributed by atoms with Gasteiger partial charge in [-0.05, 0) is 43.7 Å². The molecule has 3 heteroatoms. The highest BCUT2D eigenvalue weighted by molar-refractivity contribution is 7.98. The van der Waals surface area contributed by atoms with E-state index in [9.17, 15) is 4.79 Å². The summed E-state index contributed by atoms with van der Waals surface area (Å²) >= 11 is 1.73. The summed E-state index contributed by atoms with van der Waals surface area (Å²) in [7, 11) is 0. The molecule has 2 rings (SSSR count). The van der Waals surface area contributed by atoms with E-state index in [-0.39, 0.29) is 17.9 Å². The topological polar surface area (TPSA) is 29.1 Å². The molecule has 17 heavy (non-hydrogen) atoms. The van der Waals surface area contributed by atoms with E-state index in [1.807, 2.05) is 6.92 Å². The monoisotopic (exact) mass is 249 g/mol. The second-order valence-corrected chi connectivity index (χ2v) is 5.51. The molecule has 1 amide bonds. The van der Waals surface area contributed by atoms with Crippen LogP contribution in [0.4, 0.5) is 0 Å². The minimum Gasteiger partial charge on any atom is -0.349 e. The lowest BCUT2D eigenvalue weighted by Crippen LogP contribution is -2.35. The average molecular weight is 249 g/mol.